The second kappa shape index (κ2) is 5.69. The van der Waals surface area contributed by atoms with Gasteiger partial charge in [-0.25, -0.2) is 0 Å². The molecule has 0 saturated heterocycles. The quantitative estimate of drug-likeness (QED) is 0.887. The van der Waals surface area contributed by atoms with Crippen LogP contribution in [0, 0.1) is 6.92 Å². The number of aryl methyl sites for hydroxylation is 1. The summed E-state index contributed by atoms with van der Waals surface area (Å²) < 4.78 is 6.00. The molecule has 2 heteroatoms. The lowest BCUT2D eigenvalue weighted by Crippen LogP contribution is -2.07. The van der Waals surface area contributed by atoms with Gasteiger partial charge in [-0.3, -0.25) is 0 Å². The van der Waals surface area contributed by atoms with Crippen molar-refractivity contribution in [3.63, 3.8) is 0 Å². The van der Waals surface area contributed by atoms with E-state index in [0.717, 1.165) is 11.3 Å². The van der Waals surface area contributed by atoms with Gasteiger partial charge in [-0.1, -0.05) is 48.0 Å². The van der Waals surface area contributed by atoms with Crippen molar-refractivity contribution in [1.29, 1.82) is 0 Å². The molecule has 0 aliphatic heterocycles. The minimum Gasteiger partial charge on any atom is -0.486 e. The molecule has 2 N–H and O–H groups in total. The first-order valence-electron chi connectivity index (χ1n) is 6.22. The zero-order chi connectivity index (χ0) is 13.0. The summed E-state index contributed by atoms with van der Waals surface area (Å²) in [4.78, 5) is 0. The Labute approximate surface area is 108 Å². The first kappa shape index (κ1) is 12.7. The Morgan fingerprint density at radius 3 is 2.50 bits per heavy atom. The molecule has 2 aromatic carbocycles. The van der Waals surface area contributed by atoms with Crippen molar-refractivity contribution in [2.24, 2.45) is 5.73 Å². The van der Waals surface area contributed by atoms with E-state index in [1.54, 1.807) is 0 Å². The SMILES string of the molecule is Cc1ccc(OC(C)c2ccccc2)c(CN)c1. The summed E-state index contributed by atoms with van der Waals surface area (Å²) in [6, 6.07) is 16.3. The molecule has 0 aliphatic carbocycles. The summed E-state index contributed by atoms with van der Waals surface area (Å²) >= 11 is 0. The van der Waals surface area contributed by atoms with E-state index in [2.05, 4.69) is 32.0 Å². The van der Waals surface area contributed by atoms with Gasteiger partial charge in [0.2, 0.25) is 0 Å². The van der Waals surface area contributed by atoms with Crippen LogP contribution in [0.5, 0.6) is 5.75 Å². The highest BCUT2D eigenvalue weighted by molar-refractivity contribution is 5.37. The molecule has 1 atom stereocenters. The third-order valence-corrected chi connectivity index (χ3v) is 3.01. The van der Waals surface area contributed by atoms with Gasteiger partial charge in [0, 0.05) is 12.1 Å². The molecule has 94 valence electrons. The Balaban J connectivity index is 2.19. The van der Waals surface area contributed by atoms with E-state index in [0.29, 0.717) is 6.54 Å². The van der Waals surface area contributed by atoms with Crippen LogP contribution in [0.1, 0.15) is 29.7 Å². The summed E-state index contributed by atoms with van der Waals surface area (Å²) in [5.74, 6) is 0.874. The van der Waals surface area contributed by atoms with Gasteiger partial charge < -0.3 is 10.5 Å². The molecule has 2 rings (SSSR count). The van der Waals surface area contributed by atoms with Crippen LogP contribution in [-0.2, 0) is 6.54 Å². The number of ether oxygens (including phenoxy) is 1. The Morgan fingerprint density at radius 2 is 1.83 bits per heavy atom. The van der Waals surface area contributed by atoms with Crippen molar-refractivity contribution in [2.45, 2.75) is 26.5 Å². The van der Waals surface area contributed by atoms with E-state index in [1.165, 1.54) is 11.1 Å². The van der Waals surface area contributed by atoms with E-state index >= 15 is 0 Å². The van der Waals surface area contributed by atoms with Crippen molar-refractivity contribution in [2.75, 3.05) is 0 Å². The molecular weight excluding hydrogens is 222 g/mol. The largest absolute Gasteiger partial charge is 0.486 e. The van der Waals surface area contributed by atoms with Crippen LogP contribution in [0.2, 0.25) is 0 Å². The smallest absolute Gasteiger partial charge is 0.124 e. The third kappa shape index (κ3) is 2.90. The number of benzene rings is 2. The summed E-state index contributed by atoms with van der Waals surface area (Å²) in [5, 5.41) is 0. The number of nitrogens with two attached hydrogens (primary N) is 1. The standard InChI is InChI=1S/C16H19NO/c1-12-8-9-16(15(10-12)11-17)18-13(2)14-6-4-3-5-7-14/h3-10,13H,11,17H2,1-2H3. The van der Waals surface area contributed by atoms with Crippen LogP contribution in [0.4, 0.5) is 0 Å². The first-order valence-corrected chi connectivity index (χ1v) is 6.22. The molecule has 0 aromatic heterocycles. The molecule has 0 fully saturated rings. The minimum absolute atomic E-state index is 0.0270. The van der Waals surface area contributed by atoms with Crippen molar-refractivity contribution < 1.29 is 4.74 Å². The highest BCUT2D eigenvalue weighted by Gasteiger charge is 2.09. The summed E-state index contributed by atoms with van der Waals surface area (Å²) in [6.07, 6.45) is 0.0270. The lowest BCUT2D eigenvalue weighted by atomic mass is 10.1. The zero-order valence-electron chi connectivity index (χ0n) is 10.9. The average molecular weight is 241 g/mol. The summed E-state index contributed by atoms with van der Waals surface area (Å²) in [7, 11) is 0. The lowest BCUT2D eigenvalue weighted by Gasteiger charge is -2.17. The van der Waals surface area contributed by atoms with Crippen LogP contribution in [0.25, 0.3) is 0 Å². The Hall–Kier alpha value is -1.80. The zero-order valence-corrected chi connectivity index (χ0v) is 10.9. The Morgan fingerprint density at radius 1 is 1.11 bits per heavy atom. The van der Waals surface area contributed by atoms with E-state index in [1.807, 2.05) is 30.3 Å². The number of rotatable bonds is 4. The molecule has 2 aromatic rings. The molecule has 0 aliphatic rings. The van der Waals surface area contributed by atoms with E-state index in [-0.39, 0.29) is 6.10 Å². The van der Waals surface area contributed by atoms with Gasteiger partial charge in [0.1, 0.15) is 11.9 Å². The Bertz CT molecular complexity index is 508. The van der Waals surface area contributed by atoms with E-state index < -0.39 is 0 Å². The molecule has 0 radical (unpaired) electrons. The highest BCUT2D eigenvalue weighted by atomic mass is 16.5. The maximum Gasteiger partial charge on any atom is 0.124 e. The van der Waals surface area contributed by atoms with Crippen molar-refractivity contribution in [1.82, 2.24) is 0 Å². The molecule has 0 amide bonds. The monoisotopic (exact) mass is 241 g/mol. The molecule has 0 bridgehead atoms. The third-order valence-electron chi connectivity index (χ3n) is 3.01. The van der Waals surface area contributed by atoms with Gasteiger partial charge >= 0.3 is 0 Å². The Kier molecular flexibility index (Phi) is 4.00. The minimum atomic E-state index is 0.0270. The normalized spacial score (nSPS) is 12.2. The molecule has 0 heterocycles. The molecule has 2 nitrogen and oxygen atoms in total. The van der Waals surface area contributed by atoms with Gasteiger partial charge in [0.25, 0.3) is 0 Å². The van der Waals surface area contributed by atoms with Gasteiger partial charge in [-0.15, -0.1) is 0 Å². The van der Waals surface area contributed by atoms with Crippen LogP contribution in [-0.4, -0.2) is 0 Å². The van der Waals surface area contributed by atoms with Crippen LogP contribution < -0.4 is 10.5 Å². The average Bonchev–Trinajstić information content (AvgIpc) is 2.41. The summed E-state index contributed by atoms with van der Waals surface area (Å²) in [6.45, 7) is 4.61. The predicted octanol–water partition coefficient (Wildman–Crippen LogP) is 3.59. The fourth-order valence-electron chi connectivity index (χ4n) is 1.97. The number of hydrogen-bond acceptors (Lipinski definition) is 2. The van der Waals surface area contributed by atoms with Gasteiger partial charge in [-0.2, -0.15) is 0 Å². The second-order valence-corrected chi connectivity index (χ2v) is 4.49. The van der Waals surface area contributed by atoms with E-state index in [9.17, 15) is 0 Å². The van der Waals surface area contributed by atoms with Crippen molar-refractivity contribution >= 4 is 0 Å². The fourth-order valence-corrected chi connectivity index (χ4v) is 1.97. The maximum absolute atomic E-state index is 6.00. The van der Waals surface area contributed by atoms with Crippen molar-refractivity contribution in [3.8, 4) is 5.75 Å². The summed E-state index contributed by atoms with van der Waals surface area (Å²) in [5.41, 5.74) is 9.18. The van der Waals surface area contributed by atoms with Crippen molar-refractivity contribution in [3.05, 3.63) is 65.2 Å². The van der Waals surface area contributed by atoms with Gasteiger partial charge in [0.15, 0.2) is 0 Å². The molecule has 0 saturated carbocycles. The molecular formula is C16H19NO. The lowest BCUT2D eigenvalue weighted by molar-refractivity contribution is 0.224. The van der Waals surface area contributed by atoms with E-state index in [4.69, 9.17) is 10.5 Å². The highest BCUT2D eigenvalue weighted by Crippen LogP contribution is 2.25. The fraction of sp³-hybridized carbons (Fsp3) is 0.250. The second-order valence-electron chi connectivity index (χ2n) is 4.49. The maximum atomic E-state index is 6.00. The number of hydrogen-bond donors (Lipinski definition) is 1. The molecule has 1 unspecified atom stereocenters. The topological polar surface area (TPSA) is 35.2 Å². The van der Waals surface area contributed by atoms with Crippen LogP contribution in [0.3, 0.4) is 0 Å². The first-order chi connectivity index (χ1) is 8.70. The molecule has 0 spiro atoms. The van der Waals surface area contributed by atoms with Gasteiger partial charge in [0.05, 0.1) is 0 Å². The van der Waals surface area contributed by atoms with Crippen LogP contribution >= 0.6 is 0 Å². The molecule has 18 heavy (non-hydrogen) atoms. The van der Waals surface area contributed by atoms with Gasteiger partial charge in [-0.05, 0) is 25.5 Å². The van der Waals surface area contributed by atoms with Crippen LogP contribution in [0.15, 0.2) is 48.5 Å². The predicted molar refractivity (Wildman–Crippen MR) is 74.6 cm³/mol.